The number of nitrogens with one attached hydrogen (secondary N) is 4. The van der Waals surface area contributed by atoms with Crippen molar-refractivity contribution in [3.05, 3.63) is 59.1 Å². The average Bonchev–Trinajstić information content (AvgIpc) is 3.72. The van der Waals surface area contributed by atoms with Crippen LogP contribution in [0.5, 0.6) is 0 Å². The first-order valence-electron chi connectivity index (χ1n) is 12.4. The van der Waals surface area contributed by atoms with Gasteiger partial charge < -0.3 is 25.9 Å². The first-order valence-corrected chi connectivity index (χ1v) is 13.2. The van der Waals surface area contributed by atoms with E-state index in [9.17, 15) is 5.11 Å². The Balaban J connectivity index is 0.00000316. The number of anilines is 1. The second-order valence-electron chi connectivity index (χ2n) is 7.78. The molecule has 1 heterocycles. The number of nitrogens with zero attached hydrogens (tertiary/aromatic N) is 3. The molecule has 0 radical (unpaired) electrons. The number of rotatable bonds is 15. The van der Waals surface area contributed by atoms with Crippen LogP contribution in [0.3, 0.4) is 0 Å². The minimum absolute atomic E-state index is 0.0489. The SMILES string of the molecule is C=C/C=C(\C=C/CC(/C=C(\O)CNc1ncc(Br)c(N=C(CC)NNCC2CC2)n1)NC)OC.CC. The van der Waals surface area contributed by atoms with Crippen molar-refractivity contribution in [1.82, 2.24) is 26.1 Å². The van der Waals surface area contributed by atoms with Gasteiger partial charge in [0.1, 0.15) is 17.4 Å². The predicted molar refractivity (Wildman–Crippen MR) is 153 cm³/mol. The lowest BCUT2D eigenvalue weighted by Crippen LogP contribution is -2.38. The predicted octanol–water partition coefficient (Wildman–Crippen LogP) is 5.31. The molecule has 1 atom stereocenters. The molecule has 0 spiro atoms. The molecule has 1 aromatic rings. The van der Waals surface area contributed by atoms with Crippen molar-refractivity contribution in [2.75, 3.05) is 32.6 Å². The third-order valence-corrected chi connectivity index (χ3v) is 5.56. The molecule has 36 heavy (non-hydrogen) atoms. The summed E-state index contributed by atoms with van der Waals surface area (Å²) in [4.78, 5) is 13.3. The quantitative estimate of drug-likeness (QED) is 0.0640. The standard InChI is InChI=1S/C24H36BrN7O2.C2H6/c1-5-8-20(34-4)10-7-9-18(26-3)13-19(33)15-27-24-28-16-21(25)23(31-24)30-22(6-2)32-29-14-17-11-12-17;1-2/h5,7-8,10,13,16-18,26,29,33H,1,6,9,11-12,14-15H2,2-4H3,(H2,27,28,30,31,32);1-2H3/b10-7-,19-13-,20-8+;. The molecule has 0 aromatic carbocycles. The number of likely N-dealkylation sites (N-methyl/N-ethyl adjacent to an activating group) is 1. The Hall–Kier alpha value is -2.69. The van der Waals surface area contributed by atoms with Crippen LogP contribution < -0.4 is 21.5 Å². The molecule has 0 amide bonds. The summed E-state index contributed by atoms with van der Waals surface area (Å²) in [6.07, 6.45) is 14.7. The van der Waals surface area contributed by atoms with E-state index < -0.39 is 0 Å². The molecule has 2 rings (SSSR count). The third-order valence-electron chi connectivity index (χ3n) is 5.00. The van der Waals surface area contributed by atoms with E-state index in [4.69, 9.17) is 4.74 Å². The zero-order valence-corrected chi connectivity index (χ0v) is 23.7. The Morgan fingerprint density at radius 3 is 2.75 bits per heavy atom. The highest BCUT2D eigenvalue weighted by atomic mass is 79.9. The molecular weight excluding hydrogens is 522 g/mol. The lowest BCUT2D eigenvalue weighted by Gasteiger charge is -2.12. The first kappa shape index (κ1) is 31.3. The van der Waals surface area contributed by atoms with Gasteiger partial charge in [-0.05, 0) is 66.4 Å². The fourth-order valence-electron chi connectivity index (χ4n) is 2.83. The van der Waals surface area contributed by atoms with E-state index >= 15 is 0 Å². The van der Waals surface area contributed by atoms with Crippen molar-refractivity contribution in [3.63, 3.8) is 0 Å². The summed E-state index contributed by atoms with van der Waals surface area (Å²) in [5, 5.41) is 16.6. The van der Waals surface area contributed by atoms with Gasteiger partial charge in [-0.15, -0.1) is 0 Å². The third kappa shape index (κ3) is 12.9. The maximum absolute atomic E-state index is 10.4. The number of aliphatic imine (C=N–C) groups is 1. The molecule has 0 bridgehead atoms. The van der Waals surface area contributed by atoms with E-state index in [1.807, 2.05) is 40.0 Å². The molecule has 1 aromatic heterocycles. The van der Waals surface area contributed by atoms with Crippen LogP contribution in [0.1, 0.15) is 46.5 Å². The Kier molecular flexibility index (Phi) is 16.2. The number of allylic oxidation sites excluding steroid dienone is 3. The molecule has 1 fully saturated rings. The summed E-state index contributed by atoms with van der Waals surface area (Å²) >= 11 is 3.46. The van der Waals surface area contributed by atoms with Gasteiger partial charge in [-0.25, -0.2) is 15.4 Å². The number of hydrazine groups is 1. The number of amidine groups is 1. The molecule has 5 N–H and O–H groups in total. The summed E-state index contributed by atoms with van der Waals surface area (Å²) in [5.74, 6) is 3.34. The number of aliphatic hydroxyl groups is 1. The highest BCUT2D eigenvalue weighted by Crippen LogP contribution is 2.27. The smallest absolute Gasteiger partial charge is 0.225 e. The number of aromatic nitrogens is 2. The molecule has 1 aliphatic carbocycles. The molecular formula is C26H42BrN7O2. The van der Waals surface area contributed by atoms with Crippen LogP contribution in [0.25, 0.3) is 0 Å². The number of hydrogen-bond donors (Lipinski definition) is 5. The summed E-state index contributed by atoms with van der Waals surface area (Å²) in [6.45, 7) is 10.8. The van der Waals surface area contributed by atoms with Crippen LogP contribution in [0, 0.1) is 5.92 Å². The van der Waals surface area contributed by atoms with Crippen molar-refractivity contribution in [1.29, 1.82) is 0 Å². The van der Waals surface area contributed by atoms with E-state index in [0.29, 0.717) is 28.4 Å². The summed E-state index contributed by atoms with van der Waals surface area (Å²) in [6, 6.07) is -0.0489. The van der Waals surface area contributed by atoms with Gasteiger partial charge in [0.25, 0.3) is 0 Å². The highest BCUT2D eigenvalue weighted by Gasteiger charge is 2.20. The van der Waals surface area contributed by atoms with E-state index in [0.717, 1.165) is 24.7 Å². The maximum Gasteiger partial charge on any atom is 0.225 e. The van der Waals surface area contributed by atoms with Crippen LogP contribution in [-0.4, -0.2) is 54.2 Å². The number of methoxy groups -OCH3 is 1. The van der Waals surface area contributed by atoms with Crippen LogP contribution in [-0.2, 0) is 4.74 Å². The minimum atomic E-state index is -0.0489. The number of aliphatic hydroxyl groups excluding tert-OH is 1. The molecule has 1 aliphatic rings. The molecule has 10 heteroatoms. The van der Waals surface area contributed by atoms with Gasteiger partial charge in [0.2, 0.25) is 5.95 Å². The van der Waals surface area contributed by atoms with Gasteiger partial charge in [-0.2, -0.15) is 4.98 Å². The van der Waals surface area contributed by atoms with Gasteiger partial charge >= 0.3 is 0 Å². The van der Waals surface area contributed by atoms with E-state index in [2.05, 4.69) is 59.0 Å². The zero-order valence-electron chi connectivity index (χ0n) is 22.1. The summed E-state index contributed by atoms with van der Waals surface area (Å²) in [5.41, 5.74) is 6.39. The van der Waals surface area contributed by atoms with Gasteiger partial charge in [0.05, 0.1) is 18.1 Å². The number of hydrogen-bond acceptors (Lipinski definition) is 8. The lowest BCUT2D eigenvalue weighted by molar-refractivity contribution is 0.306. The fraction of sp³-hybridized carbons (Fsp3) is 0.500. The zero-order chi connectivity index (χ0) is 26.8. The molecule has 0 aliphatic heterocycles. The Bertz CT molecular complexity index is 912. The van der Waals surface area contributed by atoms with E-state index in [-0.39, 0.29) is 18.3 Å². The Labute approximate surface area is 224 Å². The van der Waals surface area contributed by atoms with Crippen molar-refractivity contribution in [3.8, 4) is 0 Å². The topological polar surface area (TPSA) is 116 Å². The molecule has 0 saturated heterocycles. The van der Waals surface area contributed by atoms with Gasteiger partial charge in [0, 0.05) is 25.2 Å². The molecule has 1 saturated carbocycles. The van der Waals surface area contributed by atoms with Crippen molar-refractivity contribution < 1.29 is 9.84 Å². The van der Waals surface area contributed by atoms with Gasteiger partial charge in [-0.3, -0.25) is 0 Å². The normalized spacial score (nSPS) is 15.2. The van der Waals surface area contributed by atoms with Crippen LogP contribution in [0.15, 0.2) is 64.1 Å². The van der Waals surface area contributed by atoms with Gasteiger partial charge in [0.15, 0.2) is 5.82 Å². The second kappa shape index (κ2) is 18.6. The van der Waals surface area contributed by atoms with Gasteiger partial charge in [-0.1, -0.05) is 39.5 Å². The minimum Gasteiger partial charge on any atom is -0.511 e. The van der Waals surface area contributed by atoms with Crippen LogP contribution >= 0.6 is 15.9 Å². The summed E-state index contributed by atoms with van der Waals surface area (Å²) in [7, 11) is 3.45. The summed E-state index contributed by atoms with van der Waals surface area (Å²) < 4.78 is 5.92. The van der Waals surface area contributed by atoms with E-state index in [1.165, 1.54) is 12.8 Å². The maximum atomic E-state index is 10.4. The van der Waals surface area contributed by atoms with Crippen LogP contribution in [0.4, 0.5) is 11.8 Å². The van der Waals surface area contributed by atoms with Crippen LogP contribution in [0.2, 0.25) is 0 Å². The van der Waals surface area contributed by atoms with Crippen molar-refractivity contribution in [2.24, 2.45) is 10.9 Å². The Morgan fingerprint density at radius 2 is 2.14 bits per heavy atom. The Morgan fingerprint density at radius 1 is 1.39 bits per heavy atom. The number of halogens is 1. The largest absolute Gasteiger partial charge is 0.511 e. The second-order valence-corrected chi connectivity index (χ2v) is 8.63. The fourth-order valence-corrected chi connectivity index (χ4v) is 3.11. The highest BCUT2D eigenvalue weighted by molar-refractivity contribution is 9.10. The van der Waals surface area contributed by atoms with Crippen molar-refractivity contribution in [2.45, 2.75) is 52.5 Å². The average molecular weight is 565 g/mol. The molecule has 1 unspecified atom stereocenters. The van der Waals surface area contributed by atoms with E-state index in [1.54, 1.807) is 31.5 Å². The monoisotopic (exact) mass is 563 g/mol. The lowest BCUT2D eigenvalue weighted by atomic mass is 10.1. The molecule has 200 valence electrons. The van der Waals surface area contributed by atoms with Crippen molar-refractivity contribution >= 4 is 33.5 Å². The number of ether oxygens (including phenoxy) is 1. The first-order chi connectivity index (χ1) is 17.5. The molecule has 9 nitrogen and oxygen atoms in total.